The van der Waals surface area contributed by atoms with Crippen LogP contribution >= 0.6 is 0 Å². The van der Waals surface area contributed by atoms with Crippen LogP contribution in [0.5, 0.6) is 0 Å². The highest BCUT2D eigenvalue weighted by Crippen LogP contribution is 2.32. The van der Waals surface area contributed by atoms with Crippen molar-refractivity contribution in [3.8, 4) is 11.6 Å². The molecule has 0 aliphatic carbocycles. The Balaban J connectivity index is 1.39. The highest BCUT2D eigenvalue weighted by atomic mass is 19.1. The lowest BCUT2D eigenvalue weighted by Gasteiger charge is -2.25. The zero-order valence-corrected chi connectivity index (χ0v) is 14.9. The number of carbonyl (C=O) groups excluding carboxylic acids is 1. The van der Waals surface area contributed by atoms with E-state index in [2.05, 4.69) is 15.4 Å². The molecule has 140 valence electrons. The van der Waals surface area contributed by atoms with Gasteiger partial charge in [0.05, 0.1) is 6.04 Å². The number of rotatable bonds is 5. The van der Waals surface area contributed by atoms with Crippen LogP contribution in [0.25, 0.3) is 11.6 Å². The number of hydrogen-bond acceptors (Lipinski definition) is 6. The molecule has 1 aliphatic heterocycles. The monoisotopic (exact) mass is 370 g/mol. The highest BCUT2D eigenvalue weighted by Gasteiger charge is 2.29. The molecule has 4 rings (SSSR count). The molecule has 1 fully saturated rings. The van der Waals surface area contributed by atoms with E-state index >= 15 is 0 Å². The van der Waals surface area contributed by atoms with Gasteiger partial charge in [-0.05, 0) is 37.5 Å². The van der Waals surface area contributed by atoms with Gasteiger partial charge < -0.3 is 13.8 Å². The third-order valence-corrected chi connectivity index (χ3v) is 4.69. The molecule has 2 aromatic heterocycles. The van der Waals surface area contributed by atoms with Gasteiger partial charge in [-0.2, -0.15) is 0 Å². The predicted molar refractivity (Wildman–Crippen MR) is 92.9 cm³/mol. The molecule has 1 atom stereocenters. The lowest BCUT2D eigenvalue weighted by molar-refractivity contribution is -0.132. The van der Waals surface area contributed by atoms with Crippen LogP contribution in [0.15, 0.2) is 39.3 Å². The van der Waals surface area contributed by atoms with Crippen molar-refractivity contribution < 1.29 is 18.1 Å². The van der Waals surface area contributed by atoms with Crippen LogP contribution in [0.3, 0.4) is 0 Å². The summed E-state index contributed by atoms with van der Waals surface area (Å²) < 4.78 is 23.7. The van der Waals surface area contributed by atoms with Gasteiger partial charge in [0.25, 0.3) is 5.89 Å². The zero-order chi connectivity index (χ0) is 18.8. The minimum Gasteiger partial charge on any atom is -0.419 e. The van der Waals surface area contributed by atoms with Crippen molar-refractivity contribution in [2.75, 3.05) is 6.54 Å². The fraction of sp³-hybridized carbons (Fsp3) is 0.368. The maximum atomic E-state index is 13.1. The zero-order valence-electron chi connectivity index (χ0n) is 14.9. The molecule has 7 nitrogen and oxygen atoms in total. The Labute approximate surface area is 155 Å². The number of aryl methyl sites for hydroxylation is 2. The maximum Gasteiger partial charge on any atom is 0.269 e. The summed E-state index contributed by atoms with van der Waals surface area (Å²) in [6.45, 7) is 2.48. The van der Waals surface area contributed by atoms with E-state index in [0.717, 1.165) is 18.4 Å². The van der Waals surface area contributed by atoms with E-state index in [1.165, 1.54) is 12.1 Å². The topological polar surface area (TPSA) is 85.3 Å². The average molecular weight is 370 g/mol. The molecule has 0 spiro atoms. The van der Waals surface area contributed by atoms with Gasteiger partial charge in [-0.25, -0.2) is 4.39 Å². The first-order valence-electron chi connectivity index (χ1n) is 8.91. The molecule has 1 aliphatic rings. The molecule has 1 saturated heterocycles. The Morgan fingerprint density at radius 2 is 2.11 bits per heavy atom. The van der Waals surface area contributed by atoms with Crippen molar-refractivity contribution in [2.24, 2.45) is 0 Å². The van der Waals surface area contributed by atoms with E-state index in [4.69, 9.17) is 8.94 Å². The van der Waals surface area contributed by atoms with E-state index in [0.29, 0.717) is 30.3 Å². The molecular formula is C19H19FN4O3. The SMILES string of the molecule is Cc1cc(-c2nnc(CCC(=O)N3CCC[C@@H]3c3ccc(F)cc3)o2)no1. The second-order valence-corrected chi connectivity index (χ2v) is 6.62. The minimum absolute atomic E-state index is 0.00514. The summed E-state index contributed by atoms with van der Waals surface area (Å²) in [6, 6.07) is 8.06. The lowest BCUT2D eigenvalue weighted by atomic mass is 10.0. The van der Waals surface area contributed by atoms with Gasteiger partial charge >= 0.3 is 0 Å². The van der Waals surface area contributed by atoms with Crippen LogP contribution in [0.1, 0.15) is 42.5 Å². The molecule has 3 aromatic rings. The number of benzene rings is 1. The van der Waals surface area contributed by atoms with Crippen molar-refractivity contribution in [1.29, 1.82) is 0 Å². The third-order valence-electron chi connectivity index (χ3n) is 4.69. The highest BCUT2D eigenvalue weighted by molar-refractivity contribution is 5.77. The number of aromatic nitrogens is 3. The largest absolute Gasteiger partial charge is 0.419 e. The van der Waals surface area contributed by atoms with Gasteiger partial charge in [0, 0.05) is 25.5 Å². The average Bonchev–Trinajstić information content (AvgIpc) is 3.40. The molecule has 3 heterocycles. The van der Waals surface area contributed by atoms with Gasteiger partial charge in [0.15, 0.2) is 5.69 Å². The number of halogens is 1. The molecule has 1 aromatic carbocycles. The molecule has 0 saturated carbocycles. The Kier molecular flexibility index (Phi) is 4.70. The normalized spacial score (nSPS) is 16.8. The molecule has 0 bridgehead atoms. The van der Waals surface area contributed by atoms with E-state index in [-0.39, 0.29) is 30.1 Å². The number of likely N-dealkylation sites (tertiary alicyclic amines) is 1. The summed E-state index contributed by atoms with van der Waals surface area (Å²) in [7, 11) is 0. The second-order valence-electron chi connectivity index (χ2n) is 6.62. The smallest absolute Gasteiger partial charge is 0.269 e. The molecule has 8 heteroatoms. The molecule has 0 unspecified atom stereocenters. The van der Waals surface area contributed by atoms with Crippen LogP contribution in [0.2, 0.25) is 0 Å². The number of carbonyl (C=O) groups is 1. The summed E-state index contributed by atoms with van der Waals surface area (Å²) in [5, 5.41) is 11.8. The van der Waals surface area contributed by atoms with Gasteiger partial charge in [-0.1, -0.05) is 17.3 Å². The molecule has 27 heavy (non-hydrogen) atoms. The summed E-state index contributed by atoms with van der Waals surface area (Å²) in [5.74, 6) is 1.07. The van der Waals surface area contributed by atoms with Crippen LogP contribution in [0.4, 0.5) is 4.39 Å². The fourth-order valence-corrected chi connectivity index (χ4v) is 3.38. The second kappa shape index (κ2) is 7.30. The van der Waals surface area contributed by atoms with Crippen LogP contribution < -0.4 is 0 Å². The number of nitrogens with zero attached hydrogens (tertiary/aromatic N) is 4. The van der Waals surface area contributed by atoms with Gasteiger partial charge in [-0.15, -0.1) is 10.2 Å². The Bertz CT molecular complexity index is 935. The summed E-state index contributed by atoms with van der Waals surface area (Å²) in [6.07, 6.45) is 2.45. The van der Waals surface area contributed by atoms with E-state index in [1.54, 1.807) is 25.1 Å². The molecule has 1 amide bonds. The summed E-state index contributed by atoms with van der Waals surface area (Å²) >= 11 is 0. The first-order valence-corrected chi connectivity index (χ1v) is 8.91. The fourth-order valence-electron chi connectivity index (χ4n) is 3.38. The van der Waals surface area contributed by atoms with Crippen molar-refractivity contribution in [3.05, 3.63) is 53.4 Å². The minimum atomic E-state index is -0.274. The predicted octanol–water partition coefficient (Wildman–Crippen LogP) is 3.47. The molecule has 0 radical (unpaired) electrons. The van der Waals surface area contributed by atoms with Gasteiger partial charge in [-0.3, -0.25) is 4.79 Å². The lowest BCUT2D eigenvalue weighted by Crippen LogP contribution is -2.30. The van der Waals surface area contributed by atoms with Crippen LogP contribution in [-0.4, -0.2) is 32.7 Å². The van der Waals surface area contributed by atoms with Gasteiger partial charge in [0.1, 0.15) is 11.6 Å². The summed E-state index contributed by atoms with van der Waals surface area (Å²) in [4.78, 5) is 14.5. The summed E-state index contributed by atoms with van der Waals surface area (Å²) in [5.41, 5.74) is 1.44. The number of hydrogen-bond donors (Lipinski definition) is 0. The maximum absolute atomic E-state index is 13.1. The van der Waals surface area contributed by atoms with Crippen molar-refractivity contribution in [3.63, 3.8) is 0 Å². The van der Waals surface area contributed by atoms with Crippen molar-refractivity contribution >= 4 is 5.91 Å². The standard InChI is InChI=1S/C19H19FN4O3/c1-12-11-15(23-27-12)19-22-21-17(26-19)8-9-18(25)24-10-2-3-16(24)13-4-6-14(20)7-5-13/h4-7,11,16H,2-3,8-10H2,1H3/t16-/m1/s1. The molecular weight excluding hydrogens is 351 g/mol. The quantitative estimate of drug-likeness (QED) is 0.684. The van der Waals surface area contributed by atoms with E-state index in [9.17, 15) is 9.18 Å². The molecule has 0 N–H and O–H groups in total. The number of amides is 1. The van der Waals surface area contributed by atoms with Gasteiger partial charge in [0.2, 0.25) is 11.8 Å². The van der Waals surface area contributed by atoms with E-state index in [1.807, 2.05) is 4.90 Å². The Morgan fingerprint density at radius 3 is 2.85 bits per heavy atom. The van der Waals surface area contributed by atoms with Crippen LogP contribution in [0, 0.1) is 12.7 Å². The third kappa shape index (κ3) is 3.74. The first-order chi connectivity index (χ1) is 13.1. The first kappa shape index (κ1) is 17.4. The van der Waals surface area contributed by atoms with Crippen molar-refractivity contribution in [1.82, 2.24) is 20.3 Å². The van der Waals surface area contributed by atoms with E-state index < -0.39 is 0 Å². The Morgan fingerprint density at radius 1 is 1.30 bits per heavy atom. The van der Waals surface area contributed by atoms with Crippen molar-refractivity contribution in [2.45, 2.75) is 38.6 Å². The Hall–Kier alpha value is -3.03. The van der Waals surface area contributed by atoms with Crippen LogP contribution in [-0.2, 0) is 11.2 Å².